The number of nitrogens with one attached hydrogen (secondary N) is 1. The second kappa shape index (κ2) is 3.66. The second-order valence-corrected chi connectivity index (χ2v) is 3.37. The van der Waals surface area contributed by atoms with Crippen LogP contribution in [0.15, 0.2) is 18.7 Å². The predicted octanol–water partition coefficient (Wildman–Crippen LogP) is 2.14. The topological polar surface area (TPSA) is 46.5 Å². The van der Waals surface area contributed by atoms with Crippen molar-refractivity contribution in [1.29, 1.82) is 0 Å². The van der Waals surface area contributed by atoms with Gasteiger partial charge in [-0.3, -0.25) is 0 Å². The molecule has 0 bridgehead atoms. The van der Waals surface area contributed by atoms with Crippen molar-refractivity contribution < 1.29 is 13.2 Å². The molecule has 7 heteroatoms. The molecule has 0 aromatic carbocycles. The molecular formula is C9H9F3N4. The molecule has 0 aliphatic rings. The highest BCUT2D eigenvalue weighted by atomic mass is 19.4. The van der Waals surface area contributed by atoms with E-state index in [-0.39, 0.29) is 5.82 Å². The third-order valence-corrected chi connectivity index (χ3v) is 2.11. The molecule has 2 aromatic heterocycles. The monoisotopic (exact) mass is 230 g/mol. The first kappa shape index (κ1) is 10.7. The zero-order valence-corrected chi connectivity index (χ0v) is 8.41. The molecule has 0 fully saturated rings. The van der Waals surface area contributed by atoms with Gasteiger partial charge in [-0.25, -0.2) is 9.97 Å². The molecule has 2 rings (SSSR count). The van der Waals surface area contributed by atoms with Gasteiger partial charge >= 0.3 is 6.18 Å². The molecule has 0 atom stereocenters. The Labute approximate surface area is 89.1 Å². The molecule has 4 nitrogen and oxygen atoms in total. The predicted molar refractivity (Wildman–Crippen MR) is 50.6 cm³/mol. The van der Waals surface area contributed by atoms with Gasteiger partial charge in [0, 0.05) is 18.1 Å². The smallest absolute Gasteiger partial charge is 0.348 e. The van der Waals surface area contributed by atoms with Crippen LogP contribution in [0.3, 0.4) is 0 Å². The quantitative estimate of drug-likeness (QED) is 0.859. The van der Waals surface area contributed by atoms with Crippen LogP contribution in [-0.4, -0.2) is 25.7 Å². The fourth-order valence-corrected chi connectivity index (χ4v) is 1.43. The van der Waals surface area contributed by atoms with Crippen LogP contribution < -0.4 is 0 Å². The average molecular weight is 230 g/mol. The van der Waals surface area contributed by atoms with Crippen molar-refractivity contribution in [1.82, 2.24) is 19.5 Å². The van der Waals surface area contributed by atoms with Gasteiger partial charge in [0.05, 0.1) is 6.33 Å². The Morgan fingerprint density at radius 3 is 2.69 bits per heavy atom. The molecule has 0 aliphatic heterocycles. The number of hydrogen-bond donors (Lipinski definition) is 1. The second-order valence-electron chi connectivity index (χ2n) is 3.37. The van der Waals surface area contributed by atoms with Crippen molar-refractivity contribution in [2.75, 3.05) is 0 Å². The van der Waals surface area contributed by atoms with E-state index < -0.39 is 12.7 Å². The van der Waals surface area contributed by atoms with Crippen molar-refractivity contribution in [2.45, 2.75) is 19.6 Å². The van der Waals surface area contributed by atoms with Gasteiger partial charge in [-0.05, 0) is 6.92 Å². The van der Waals surface area contributed by atoms with Crippen molar-refractivity contribution in [3.63, 3.8) is 0 Å². The average Bonchev–Trinajstić information content (AvgIpc) is 2.71. The molecule has 16 heavy (non-hydrogen) atoms. The highest BCUT2D eigenvalue weighted by Crippen LogP contribution is 2.23. The maximum Gasteiger partial charge on any atom is 0.406 e. The summed E-state index contributed by atoms with van der Waals surface area (Å²) >= 11 is 0. The first-order chi connectivity index (χ1) is 7.47. The SMILES string of the molecule is Cc1[nH]cnc1-c1nccn1CC(F)(F)F. The molecule has 0 saturated carbocycles. The van der Waals surface area contributed by atoms with E-state index in [1.165, 1.54) is 18.7 Å². The zero-order chi connectivity index (χ0) is 11.8. The van der Waals surface area contributed by atoms with Crippen molar-refractivity contribution >= 4 is 0 Å². The van der Waals surface area contributed by atoms with Crippen LogP contribution in [0.25, 0.3) is 11.5 Å². The fourth-order valence-electron chi connectivity index (χ4n) is 1.43. The van der Waals surface area contributed by atoms with Gasteiger partial charge in [-0.2, -0.15) is 13.2 Å². The van der Waals surface area contributed by atoms with Crippen LogP contribution in [0.1, 0.15) is 5.69 Å². The molecule has 1 N–H and O–H groups in total. The molecule has 2 aromatic rings. The minimum Gasteiger partial charge on any atom is -0.348 e. The Bertz CT molecular complexity index is 483. The molecule has 0 amide bonds. The number of imidazole rings is 2. The summed E-state index contributed by atoms with van der Waals surface area (Å²) in [5.74, 6) is 0.219. The molecule has 0 radical (unpaired) electrons. The summed E-state index contributed by atoms with van der Waals surface area (Å²) in [6, 6.07) is 0. The third kappa shape index (κ3) is 2.07. The first-order valence-corrected chi connectivity index (χ1v) is 4.55. The maximum absolute atomic E-state index is 12.3. The van der Waals surface area contributed by atoms with Gasteiger partial charge in [0.2, 0.25) is 0 Å². The van der Waals surface area contributed by atoms with Crippen LogP contribution in [0, 0.1) is 6.92 Å². The van der Waals surface area contributed by atoms with Crippen molar-refractivity contribution in [3.8, 4) is 11.5 Å². The largest absolute Gasteiger partial charge is 0.406 e. The van der Waals surface area contributed by atoms with Gasteiger partial charge in [0.15, 0.2) is 5.82 Å². The lowest BCUT2D eigenvalue weighted by Crippen LogP contribution is -2.18. The minimum absolute atomic E-state index is 0.219. The summed E-state index contributed by atoms with van der Waals surface area (Å²) in [5, 5.41) is 0. The lowest BCUT2D eigenvalue weighted by atomic mass is 10.3. The molecule has 0 aliphatic carbocycles. The number of aromatic nitrogens is 4. The van der Waals surface area contributed by atoms with Gasteiger partial charge in [0.1, 0.15) is 12.2 Å². The summed E-state index contributed by atoms with van der Waals surface area (Å²) in [4.78, 5) is 10.6. The van der Waals surface area contributed by atoms with E-state index in [0.717, 1.165) is 4.57 Å². The van der Waals surface area contributed by atoms with E-state index in [0.29, 0.717) is 11.4 Å². The highest BCUT2D eigenvalue weighted by molar-refractivity contribution is 5.52. The Morgan fingerprint density at radius 2 is 2.12 bits per heavy atom. The normalized spacial score (nSPS) is 12.0. The fraction of sp³-hybridized carbons (Fsp3) is 0.333. The van der Waals surface area contributed by atoms with Gasteiger partial charge < -0.3 is 9.55 Å². The maximum atomic E-state index is 12.3. The van der Waals surface area contributed by atoms with Crippen molar-refractivity contribution in [3.05, 3.63) is 24.4 Å². The summed E-state index contributed by atoms with van der Waals surface area (Å²) < 4.78 is 37.8. The summed E-state index contributed by atoms with van der Waals surface area (Å²) in [6.07, 6.45) is -0.219. The number of hydrogen-bond acceptors (Lipinski definition) is 2. The van der Waals surface area contributed by atoms with Crippen molar-refractivity contribution in [2.24, 2.45) is 0 Å². The summed E-state index contributed by atoms with van der Waals surface area (Å²) in [5.41, 5.74) is 1.13. The van der Waals surface area contributed by atoms with Gasteiger partial charge in [-0.1, -0.05) is 0 Å². The number of nitrogens with zero attached hydrogens (tertiary/aromatic N) is 3. The van der Waals surface area contributed by atoms with Crippen LogP contribution in [0.2, 0.25) is 0 Å². The van der Waals surface area contributed by atoms with E-state index >= 15 is 0 Å². The van der Waals surface area contributed by atoms with E-state index in [1.807, 2.05) is 0 Å². The Hall–Kier alpha value is -1.79. The van der Waals surface area contributed by atoms with E-state index in [9.17, 15) is 13.2 Å². The molecular weight excluding hydrogens is 221 g/mol. The Morgan fingerprint density at radius 1 is 1.38 bits per heavy atom. The van der Waals surface area contributed by atoms with E-state index in [2.05, 4.69) is 15.0 Å². The molecule has 0 unspecified atom stereocenters. The number of aryl methyl sites for hydroxylation is 1. The van der Waals surface area contributed by atoms with Gasteiger partial charge in [-0.15, -0.1) is 0 Å². The first-order valence-electron chi connectivity index (χ1n) is 4.55. The number of halogens is 3. The molecule has 2 heterocycles. The number of H-pyrrole nitrogens is 1. The lowest BCUT2D eigenvalue weighted by molar-refractivity contribution is -0.140. The number of aromatic amines is 1. The molecule has 0 saturated heterocycles. The lowest BCUT2D eigenvalue weighted by Gasteiger charge is -2.09. The van der Waals surface area contributed by atoms with E-state index in [1.54, 1.807) is 6.92 Å². The van der Waals surface area contributed by atoms with E-state index in [4.69, 9.17) is 0 Å². The summed E-state index contributed by atoms with van der Waals surface area (Å²) in [6.45, 7) is 0.670. The van der Waals surface area contributed by atoms with Crippen LogP contribution in [0.4, 0.5) is 13.2 Å². The molecule has 86 valence electrons. The molecule has 0 spiro atoms. The standard InChI is InChI=1S/C9H9F3N4/c1-6-7(15-5-14-6)8-13-2-3-16(8)4-9(10,11)12/h2-3,5H,4H2,1H3,(H,14,15). The number of alkyl halides is 3. The van der Waals surface area contributed by atoms with Gasteiger partial charge in [0.25, 0.3) is 0 Å². The minimum atomic E-state index is -4.26. The summed E-state index contributed by atoms with van der Waals surface area (Å²) in [7, 11) is 0. The highest BCUT2D eigenvalue weighted by Gasteiger charge is 2.29. The van der Waals surface area contributed by atoms with Crippen LogP contribution in [-0.2, 0) is 6.54 Å². The van der Waals surface area contributed by atoms with Crippen LogP contribution >= 0.6 is 0 Å². The third-order valence-electron chi connectivity index (χ3n) is 2.11. The zero-order valence-electron chi connectivity index (χ0n) is 8.41. The van der Waals surface area contributed by atoms with Crippen LogP contribution in [0.5, 0.6) is 0 Å². The Balaban J connectivity index is 2.37. The number of rotatable bonds is 2. The Kier molecular flexibility index (Phi) is 2.45.